The van der Waals surface area contributed by atoms with E-state index < -0.39 is 23.2 Å². The van der Waals surface area contributed by atoms with E-state index >= 15 is 0 Å². The van der Waals surface area contributed by atoms with E-state index in [1.807, 2.05) is 0 Å². The first-order valence-corrected chi connectivity index (χ1v) is 11.3. The first-order valence-electron chi connectivity index (χ1n) is 8.67. The van der Waals surface area contributed by atoms with E-state index in [9.17, 15) is 0 Å². The van der Waals surface area contributed by atoms with Crippen molar-refractivity contribution in [2.24, 2.45) is 5.92 Å². The fourth-order valence-corrected chi connectivity index (χ4v) is 8.81. The summed E-state index contributed by atoms with van der Waals surface area (Å²) in [6.45, 7) is 9.38. The number of allylic oxidation sites excluding steroid dienone is 5. The number of benzene rings is 1. The van der Waals surface area contributed by atoms with Gasteiger partial charge in [-0.3, -0.25) is 0 Å². The van der Waals surface area contributed by atoms with Crippen molar-refractivity contribution < 1.29 is 48.0 Å². The smallest absolute Gasteiger partial charge is 1.00 e. The summed E-state index contributed by atoms with van der Waals surface area (Å²) < 4.78 is 4.73. The predicted octanol–water partition coefficient (Wildman–Crippen LogP) is -0.108. The van der Waals surface area contributed by atoms with Gasteiger partial charge in [0, 0.05) is 0 Å². The van der Waals surface area contributed by atoms with Crippen LogP contribution in [-0.4, -0.2) is 4.57 Å². The van der Waals surface area contributed by atoms with Crippen LogP contribution in [0.4, 0.5) is 0 Å². The zero-order valence-corrected chi connectivity index (χ0v) is 19.5. The monoisotopic (exact) mass is 461 g/mol. The molecule has 0 N–H and O–H groups in total. The number of hydrogen-bond donors (Lipinski definition) is 0. The summed E-state index contributed by atoms with van der Waals surface area (Å²) in [5.74, 6) is 0.648. The molecule has 0 aliphatic heterocycles. The molecule has 0 amide bonds. The zero-order chi connectivity index (χ0) is 16.8. The van der Waals surface area contributed by atoms with Crippen LogP contribution < -0.4 is 24.8 Å². The van der Waals surface area contributed by atoms with Crippen LogP contribution >= 0.6 is 0 Å². The zero-order valence-electron chi connectivity index (χ0n) is 15.6. The number of aromatic nitrogens is 1. The number of rotatable bonds is 3. The Balaban J connectivity index is 0.00000121. The largest absolute Gasteiger partial charge is 1.00 e. The van der Waals surface area contributed by atoms with E-state index in [4.69, 9.17) is 0 Å². The molecule has 26 heavy (non-hydrogen) atoms. The van der Waals surface area contributed by atoms with Gasteiger partial charge in [-0.25, -0.2) is 0 Å². The quantitative estimate of drug-likeness (QED) is 0.599. The molecule has 0 saturated carbocycles. The molecule has 4 rings (SSSR count). The second-order valence-electron chi connectivity index (χ2n) is 6.93. The molecule has 0 fully saturated rings. The molecule has 4 heteroatoms. The van der Waals surface area contributed by atoms with E-state index in [1.54, 1.807) is 20.0 Å². The number of halogens is 2. The molecule has 2 aliphatic carbocycles. The fraction of sp³-hybridized carbons (Fsp3) is 0.273. The second kappa shape index (κ2) is 8.47. The van der Waals surface area contributed by atoms with Crippen molar-refractivity contribution in [1.29, 1.82) is 0 Å². The summed E-state index contributed by atoms with van der Waals surface area (Å²) in [5.41, 5.74) is 9.14. The molecule has 2 atom stereocenters. The molecule has 1 aromatic heterocycles. The van der Waals surface area contributed by atoms with Gasteiger partial charge in [-0.1, -0.05) is 0 Å². The molecule has 134 valence electrons. The van der Waals surface area contributed by atoms with Crippen LogP contribution in [-0.2, 0) is 23.2 Å². The molecule has 1 aromatic carbocycles. The van der Waals surface area contributed by atoms with Gasteiger partial charge in [0.05, 0.1) is 0 Å². The summed E-state index contributed by atoms with van der Waals surface area (Å²) in [5, 5.41) is 0. The Morgan fingerprint density at radius 3 is 2.15 bits per heavy atom. The van der Waals surface area contributed by atoms with Crippen molar-refractivity contribution in [3.63, 3.8) is 0 Å². The Morgan fingerprint density at radius 1 is 0.885 bits per heavy atom. The number of fused-ring (bicyclic) bond motifs is 1. The van der Waals surface area contributed by atoms with Gasteiger partial charge in [0.1, 0.15) is 0 Å². The number of nitrogens with zero attached hydrogens (tertiary/aromatic N) is 1. The van der Waals surface area contributed by atoms with Gasteiger partial charge in [-0.2, -0.15) is 0 Å². The van der Waals surface area contributed by atoms with E-state index in [1.165, 1.54) is 16.8 Å². The molecule has 0 spiro atoms. The Hall–Kier alpha value is -0.817. The molecule has 1 heterocycles. The average molecular weight is 464 g/mol. The molecule has 2 unspecified atom stereocenters. The third-order valence-corrected chi connectivity index (χ3v) is 10.7. The van der Waals surface area contributed by atoms with E-state index in [-0.39, 0.29) is 24.8 Å². The van der Waals surface area contributed by atoms with Crippen LogP contribution in [0.3, 0.4) is 0 Å². The summed E-state index contributed by atoms with van der Waals surface area (Å²) >= 11 is -0.768. The van der Waals surface area contributed by atoms with Gasteiger partial charge in [-0.15, -0.1) is 0 Å². The van der Waals surface area contributed by atoms with Crippen molar-refractivity contribution in [3.8, 4) is 0 Å². The second-order valence-corrected chi connectivity index (χ2v) is 10.4. The third kappa shape index (κ3) is 3.49. The van der Waals surface area contributed by atoms with Crippen LogP contribution in [0.15, 0.2) is 68.8 Å². The van der Waals surface area contributed by atoms with Crippen molar-refractivity contribution in [2.45, 2.75) is 31.3 Å². The molecule has 1 nitrogen and oxygen atoms in total. The molecular weight excluding hydrogens is 440 g/mol. The van der Waals surface area contributed by atoms with Crippen molar-refractivity contribution in [3.05, 3.63) is 79.9 Å². The van der Waals surface area contributed by atoms with Crippen LogP contribution in [0.1, 0.15) is 42.4 Å². The van der Waals surface area contributed by atoms with Gasteiger partial charge in [0.15, 0.2) is 0 Å². The molecular formula is C22H23Cl2NZr. The van der Waals surface area contributed by atoms with Crippen molar-refractivity contribution in [1.82, 2.24) is 4.57 Å². The van der Waals surface area contributed by atoms with Gasteiger partial charge in [0.2, 0.25) is 0 Å². The standard InChI is InChI=1S/C13H10N.C9H13.2ClH.Zr/c1-2-6-12-10-13(9-11(12)5-1)14-7-3-4-8-14;1-6-5-7(2)9(4)8(6)3;;;/h1-10H;6H,1-4H3;2*1H;/q;;;;+2/p-2. The summed E-state index contributed by atoms with van der Waals surface area (Å²) in [7, 11) is 0. The molecule has 0 saturated heterocycles. The summed E-state index contributed by atoms with van der Waals surface area (Å²) in [6, 6.07) is 13.2. The molecule has 2 aliphatic rings. The SMILES string of the molecule is CC1=C(C)C(C)[C]([Zr+2][CH]2C(n3cccc3)=Cc3ccccc32)=C1C.[Cl-].[Cl-]. The minimum Gasteiger partial charge on any atom is -1.00 e. The van der Waals surface area contributed by atoms with E-state index in [2.05, 4.69) is 87.1 Å². The maximum atomic E-state index is 2.41. The first-order chi connectivity index (χ1) is 11.6. The fourth-order valence-electron chi connectivity index (χ4n) is 3.94. The van der Waals surface area contributed by atoms with Crippen molar-refractivity contribution in [2.75, 3.05) is 0 Å². The Kier molecular flexibility index (Phi) is 6.99. The summed E-state index contributed by atoms with van der Waals surface area (Å²) in [4.78, 5) is 0. The minimum absolute atomic E-state index is 0. The maximum absolute atomic E-state index is 2.41. The van der Waals surface area contributed by atoms with Crippen LogP contribution in [0.5, 0.6) is 0 Å². The normalized spacial score (nSPS) is 21.0. The number of hydrogen-bond acceptors (Lipinski definition) is 0. The van der Waals surface area contributed by atoms with Crippen LogP contribution in [0, 0.1) is 5.92 Å². The van der Waals surface area contributed by atoms with Crippen LogP contribution in [0.2, 0.25) is 0 Å². The predicted molar refractivity (Wildman–Crippen MR) is 98.0 cm³/mol. The Bertz CT molecular complexity index is 891. The summed E-state index contributed by atoms with van der Waals surface area (Å²) in [6.07, 6.45) is 6.79. The van der Waals surface area contributed by atoms with Gasteiger partial charge < -0.3 is 24.8 Å². The molecule has 0 radical (unpaired) electrons. The average Bonchev–Trinajstić information content (AvgIpc) is 3.28. The minimum atomic E-state index is -0.768. The van der Waals surface area contributed by atoms with Gasteiger partial charge >= 0.3 is 157 Å². The maximum Gasteiger partial charge on any atom is -1.00 e. The Morgan fingerprint density at radius 2 is 1.54 bits per heavy atom. The van der Waals surface area contributed by atoms with Crippen molar-refractivity contribution >= 4 is 11.8 Å². The first kappa shape index (κ1) is 21.5. The van der Waals surface area contributed by atoms with Gasteiger partial charge in [-0.05, 0) is 0 Å². The van der Waals surface area contributed by atoms with E-state index in [0.717, 1.165) is 0 Å². The third-order valence-electron chi connectivity index (χ3n) is 5.75. The van der Waals surface area contributed by atoms with E-state index in [0.29, 0.717) is 9.54 Å². The topological polar surface area (TPSA) is 4.93 Å². The molecule has 0 bridgehead atoms. The van der Waals surface area contributed by atoms with Crippen LogP contribution in [0.25, 0.3) is 11.8 Å². The Labute approximate surface area is 180 Å². The molecule has 2 aromatic rings. The van der Waals surface area contributed by atoms with Gasteiger partial charge in [0.25, 0.3) is 0 Å².